The maximum atomic E-state index is 12.7. The van der Waals surface area contributed by atoms with Crippen LogP contribution < -0.4 is 0 Å². The van der Waals surface area contributed by atoms with Crippen molar-refractivity contribution in [3.63, 3.8) is 0 Å². The zero-order chi connectivity index (χ0) is 13.9. The van der Waals surface area contributed by atoms with E-state index in [-0.39, 0.29) is 12.6 Å². The van der Waals surface area contributed by atoms with Crippen molar-refractivity contribution in [1.29, 1.82) is 0 Å². The van der Waals surface area contributed by atoms with Crippen molar-refractivity contribution in [2.45, 2.75) is 36.6 Å². The first-order chi connectivity index (χ1) is 9.07. The van der Waals surface area contributed by atoms with Gasteiger partial charge >= 0.3 is 0 Å². The Bertz CT molecular complexity index is 528. The molecule has 106 valence electrons. The van der Waals surface area contributed by atoms with E-state index in [1.165, 1.54) is 0 Å². The lowest BCUT2D eigenvalue weighted by Crippen LogP contribution is -2.44. The van der Waals surface area contributed by atoms with Gasteiger partial charge < -0.3 is 5.11 Å². The number of benzene rings is 1. The minimum absolute atomic E-state index is 0.00863. The second kappa shape index (κ2) is 6.35. The van der Waals surface area contributed by atoms with Crippen molar-refractivity contribution in [1.82, 2.24) is 4.31 Å². The largest absolute Gasteiger partial charge is 0.396 e. The normalized spacial score (nSPS) is 16.6. The fourth-order valence-corrected chi connectivity index (χ4v) is 4.87. The molecule has 0 saturated heterocycles. The maximum Gasteiger partial charge on any atom is 0.244 e. The Kier molecular flexibility index (Phi) is 5.00. The van der Waals surface area contributed by atoms with Gasteiger partial charge in [-0.15, -0.1) is 0 Å². The van der Waals surface area contributed by atoms with E-state index in [0.29, 0.717) is 22.3 Å². The lowest BCUT2D eigenvalue weighted by Gasteiger charge is -2.36. The predicted molar refractivity (Wildman–Crippen MR) is 77.4 cm³/mol. The Morgan fingerprint density at radius 1 is 1.32 bits per heavy atom. The van der Waals surface area contributed by atoms with Gasteiger partial charge in [-0.05, 0) is 47.3 Å². The van der Waals surface area contributed by atoms with Crippen LogP contribution in [0.5, 0.6) is 0 Å². The van der Waals surface area contributed by atoms with Gasteiger partial charge in [-0.1, -0.05) is 18.6 Å². The summed E-state index contributed by atoms with van der Waals surface area (Å²) >= 11 is 3.30. The van der Waals surface area contributed by atoms with Gasteiger partial charge in [0.05, 0.1) is 4.90 Å². The number of sulfonamides is 1. The third-order valence-corrected chi connectivity index (χ3v) is 6.41. The third kappa shape index (κ3) is 3.18. The number of halogens is 1. The SMILES string of the molecule is O=S(=O)(c1ccccc1Br)N(CCCO)C1CCC1. The number of aliphatic hydroxyl groups is 1. The highest BCUT2D eigenvalue weighted by molar-refractivity contribution is 9.10. The molecule has 0 bridgehead atoms. The average molecular weight is 348 g/mol. The molecule has 1 N–H and O–H groups in total. The summed E-state index contributed by atoms with van der Waals surface area (Å²) in [5.41, 5.74) is 0. The predicted octanol–water partition coefficient (Wildman–Crippen LogP) is 2.37. The van der Waals surface area contributed by atoms with Gasteiger partial charge in [0.2, 0.25) is 10.0 Å². The monoisotopic (exact) mass is 347 g/mol. The molecule has 1 aliphatic carbocycles. The van der Waals surface area contributed by atoms with Crippen molar-refractivity contribution in [2.75, 3.05) is 13.2 Å². The number of rotatable bonds is 6. The molecule has 0 aliphatic heterocycles. The number of nitrogens with zero attached hydrogens (tertiary/aromatic N) is 1. The van der Waals surface area contributed by atoms with Crippen LogP contribution >= 0.6 is 15.9 Å². The van der Waals surface area contributed by atoms with Crippen LogP contribution in [0.3, 0.4) is 0 Å². The van der Waals surface area contributed by atoms with Gasteiger partial charge in [-0.3, -0.25) is 0 Å². The standard InChI is InChI=1S/C13H18BrNO3S/c14-12-7-1-2-8-13(12)19(17,18)15(9-4-10-16)11-5-3-6-11/h1-2,7-8,11,16H,3-6,9-10H2. The second-order valence-electron chi connectivity index (χ2n) is 4.71. The summed E-state index contributed by atoms with van der Waals surface area (Å²) in [6.07, 6.45) is 3.37. The van der Waals surface area contributed by atoms with E-state index in [9.17, 15) is 8.42 Å². The van der Waals surface area contributed by atoms with Crippen LogP contribution in [-0.2, 0) is 10.0 Å². The third-order valence-electron chi connectivity index (χ3n) is 3.44. The molecule has 0 atom stereocenters. The Morgan fingerprint density at radius 2 is 2.00 bits per heavy atom. The summed E-state index contributed by atoms with van der Waals surface area (Å²) in [6.45, 7) is 0.388. The highest BCUT2D eigenvalue weighted by Gasteiger charge is 2.35. The van der Waals surface area contributed by atoms with E-state index < -0.39 is 10.0 Å². The number of hydrogen-bond acceptors (Lipinski definition) is 3. The molecule has 1 saturated carbocycles. The van der Waals surface area contributed by atoms with E-state index in [1.807, 2.05) is 0 Å². The van der Waals surface area contributed by atoms with Crippen molar-refractivity contribution < 1.29 is 13.5 Å². The second-order valence-corrected chi connectivity index (χ2v) is 7.42. The molecule has 19 heavy (non-hydrogen) atoms. The smallest absolute Gasteiger partial charge is 0.244 e. The molecule has 1 aromatic rings. The molecule has 4 nitrogen and oxygen atoms in total. The zero-order valence-corrected chi connectivity index (χ0v) is 13.0. The highest BCUT2D eigenvalue weighted by Crippen LogP contribution is 2.32. The fraction of sp³-hybridized carbons (Fsp3) is 0.538. The Morgan fingerprint density at radius 3 is 2.53 bits per heavy atom. The van der Waals surface area contributed by atoms with Crippen molar-refractivity contribution >= 4 is 26.0 Å². The summed E-state index contributed by atoms with van der Waals surface area (Å²) in [5.74, 6) is 0. The first-order valence-electron chi connectivity index (χ1n) is 6.44. The van der Waals surface area contributed by atoms with Crippen LogP contribution in [0.15, 0.2) is 33.6 Å². The van der Waals surface area contributed by atoms with Gasteiger partial charge in [-0.2, -0.15) is 4.31 Å². The van der Waals surface area contributed by atoms with E-state index in [2.05, 4.69) is 15.9 Å². The molecular formula is C13H18BrNO3S. The number of aliphatic hydroxyl groups excluding tert-OH is 1. The minimum atomic E-state index is -3.49. The van der Waals surface area contributed by atoms with Crippen LogP contribution in [0.1, 0.15) is 25.7 Å². The topological polar surface area (TPSA) is 57.6 Å². The summed E-state index contributed by atoms with van der Waals surface area (Å²) in [7, 11) is -3.49. The van der Waals surface area contributed by atoms with E-state index in [0.717, 1.165) is 19.3 Å². The lowest BCUT2D eigenvalue weighted by molar-refractivity contribution is 0.198. The molecule has 0 unspecified atom stereocenters. The number of hydrogen-bond donors (Lipinski definition) is 1. The van der Waals surface area contributed by atoms with Gasteiger partial charge in [0, 0.05) is 23.7 Å². The van der Waals surface area contributed by atoms with Crippen molar-refractivity contribution in [2.24, 2.45) is 0 Å². The molecule has 1 aromatic carbocycles. The van der Waals surface area contributed by atoms with Gasteiger partial charge in [0.15, 0.2) is 0 Å². The summed E-state index contributed by atoms with van der Waals surface area (Å²) in [6, 6.07) is 6.96. The quantitative estimate of drug-likeness (QED) is 0.859. The van der Waals surface area contributed by atoms with E-state index in [1.54, 1.807) is 28.6 Å². The molecule has 1 aliphatic rings. The van der Waals surface area contributed by atoms with Gasteiger partial charge in [0.1, 0.15) is 0 Å². The average Bonchev–Trinajstić information content (AvgIpc) is 2.32. The summed E-state index contributed by atoms with van der Waals surface area (Å²) < 4.78 is 27.6. The maximum absolute atomic E-state index is 12.7. The van der Waals surface area contributed by atoms with Crippen LogP contribution in [0.4, 0.5) is 0 Å². The van der Waals surface area contributed by atoms with Crippen LogP contribution in [-0.4, -0.2) is 37.0 Å². The summed E-state index contributed by atoms with van der Waals surface area (Å²) in [5, 5.41) is 8.95. The Hall–Kier alpha value is -0.430. The molecule has 1 fully saturated rings. The summed E-state index contributed by atoms with van der Waals surface area (Å²) in [4.78, 5) is 0.305. The van der Waals surface area contributed by atoms with E-state index >= 15 is 0 Å². The molecule has 0 spiro atoms. The molecule has 0 radical (unpaired) electrons. The van der Waals surface area contributed by atoms with Crippen LogP contribution in [0, 0.1) is 0 Å². The first kappa shape index (κ1) is 15.0. The van der Waals surface area contributed by atoms with Crippen LogP contribution in [0.2, 0.25) is 0 Å². The first-order valence-corrected chi connectivity index (χ1v) is 8.68. The zero-order valence-electron chi connectivity index (χ0n) is 10.6. The van der Waals surface area contributed by atoms with Gasteiger partial charge in [-0.25, -0.2) is 8.42 Å². The lowest BCUT2D eigenvalue weighted by atomic mass is 9.93. The molecule has 6 heteroatoms. The fourth-order valence-electron chi connectivity index (χ4n) is 2.18. The molecule has 0 heterocycles. The Balaban J connectivity index is 2.31. The highest BCUT2D eigenvalue weighted by atomic mass is 79.9. The Labute approximate surface area is 122 Å². The molecular weight excluding hydrogens is 330 g/mol. The van der Waals surface area contributed by atoms with Crippen LogP contribution in [0.25, 0.3) is 0 Å². The van der Waals surface area contributed by atoms with Crippen molar-refractivity contribution in [3.05, 3.63) is 28.7 Å². The minimum Gasteiger partial charge on any atom is -0.396 e. The molecule has 0 aromatic heterocycles. The molecule has 0 amide bonds. The van der Waals surface area contributed by atoms with Gasteiger partial charge in [0.25, 0.3) is 0 Å². The van der Waals surface area contributed by atoms with Crippen molar-refractivity contribution in [3.8, 4) is 0 Å². The van der Waals surface area contributed by atoms with E-state index in [4.69, 9.17) is 5.11 Å². The molecule has 2 rings (SSSR count).